The molecule has 0 bridgehead atoms. The van der Waals surface area contributed by atoms with Crippen LogP contribution in [0, 0.1) is 0 Å². The van der Waals surface area contributed by atoms with Gasteiger partial charge in [-0.05, 0) is 44.7 Å². The van der Waals surface area contributed by atoms with Gasteiger partial charge in [0.2, 0.25) is 0 Å². The highest BCUT2D eigenvalue weighted by Crippen LogP contribution is 2.32. The third kappa shape index (κ3) is 4.50. The Morgan fingerprint density at radius 2 is 2.00 bits per heavy atom. The van der Waals surface area contributed by atoms with Crippen LogP contribution in [0.5, 0.6) is 5.75 Å². The first-order chi connectivity index (χ1) is 9.97. The Balaban J connectivity index is 1.89. The first kappa shape index (κ1) is 16.4. The average molecular weight is 331 g/mol. The fourth-order valence-corrected chi connectivity index (χ4v) is 2.74. The first-order valence-corrected chi connectivity index (χ1v) is 7.89. The lowest BCUT2D eigenvalue weighted by Crippen LogP contribution is -2.45. The molecule has 1 aliphatic rings. The number of hydrogen-bond acceptors (Lipinski definition) is 3. The Bertz CT molecular complexity index is 502. The minimum atomic E-state index is -0.628. The number of rotatable bonds is 4. The van der Waals surface area contributed by atoms with Gasteiger partial charge in [0, 0.05) is 12.1 Å². The van der Waals surface area contributed by atoms with Crippen molar-refractivity contribution in [2.45, 2.75) is 50.8 Å². The molecule has 0 heterocycles. The molecule has 1 unspecified atom stereocenters. The minimum Gasteiger partial charge on any atom is -0.479 e. The molecule has 0 aromatic heterocycles. The summed E-state index contributed by atoms with van der Waals surface area (Å²) in [4.78, 5) is 12.1. The summed E-state index contributed by atoms with van der Waals surface area (Å²) in [5.74, 6) is 0.268. The number of nitrogens with one attached hydrogen (secondary N) is 1. The van der Waals surface area contributed by atoms with E-state index in [1.165, 1.54) is 0 Å². The van der Waals surface area contributed by atoms with Crippen molar-refractivity contribution in [3.05, 3.63) is 28.2 Å². The quantitative estimate of drug-likeness (QED) is 0.891. The lowest BCUT2D eigenvalue weighted by Gasteiger charge is -2.28. The van der Waals surface area contributed by atoms with Crippen LogP contribution in [0.1, 0.15) is 32.6 Å². The predicted octanol–water partition coefficient (Wildman–Crippen LogP) is 3.15. The van der Waals surface area contributed by atoms with Gasteiger partial charge in [-0.3, -0.25) is 4.79 Å². The van der Waals surface area contributed by atoms with Gasteiger partial charge in [-0.25, -0.2) is 0 Å². The summed E-state index contributed by atoms with van der Waals surface area (Å²) in [5.41, 5.74) is 5.86. The molecular formula is C15H20Cl2N2O2. The number of carbonyl (C=O) groups is 1. The van der Waals surface area contributed by atoms with E-state index in [9.17, 15) is 4.79 Å². The van der Waals surface area contributed by atoms with Crippen molar-refractivity contribution >= 4 is 29.1 Å². The van der Waals surface area contributed by atoms with Gasteiger partial charge in [0.05, 0.1) is 5.02 Å². The number of nitrogens with two attached hydrogens (primary N) is 1. The zero-order chi connectivity index (χ0) is 15.4. The molecule has 1 aromatic carbocycles. The van der Waals surface area contributed by atoms with Crippen LogP contribution in [-0.2, 0) is 4.79 Å². The molecule has 3 N–H and O–H groups in total. The van der Waals surface area contributed by atoms with Crippen LogP contribution in [0.4, 0.5) is 0 Å². The molecule has 116 valence electrons. The van der Waals surface area contributed by atoms with Gasteiger partial charge in [0.15, 0.2) is 6.10 Å². The molecule has 1 fully saturated rings. The Kier molecular flexibility index (Phi) is 5.73. The molecule has 0 radical (unpaired) electrons. The summed E-state index contributed by atoms with van der Waals surface area (Å²) in [6.07, 6.45) is 3.09. The molecule has 0 spiro atoms. The topological polar surface area (TPSA) is 64.3 Å². The van der Waals surface area contributed by atoms with Gasteiger partial charge in [0.25, 0.3) is 5.91 Å². The number of amides is 1. The highest BCUT2D eigenvalue weighted by atomic mass is 35.5. The summed E-state index contributed by atoms with van der Waals surface area (Å²) in [7, 11) is 0. The van der Waals surface area contributed by atoms with Crippen LogP contribution in [0.3, 0.4) is 0 Å². The monoisotopic (exact) mass is 330 g/mol. The Morgan fingerprint density at radius 1 is 1.33 bits per heavy atom. The lowest BCUT2D eigenvalue weighted by molar-refractivity contribution is -0.128. The molecule has 0 saturated heterocycles. The largest absolute Gasteiger partial charge is 0.479 e. The van der Waals surface area contributed by atoms with Crippen molar-refractivity contribution in [2.75, 3.05) is 0 Å². The highest BCUT2D eigenvalue weighted by molar-refractivity contribution is 6.42. The van der Waals surface area contributed by atoms with Crippen LogP contribution in [0.25, 0.3) is 0 Å². The molecule has 1 amide bonds. The van der Waals surface area contributed by atoms with Crippen molar-refractivity contribution in [2.24, 2.45) is 5.73 Å². The predicted molar refractivity (Wildman–Crippen MR) is 84.9 cm³/mol. The smallest absolute Gasteiger partial charge is 0.260 e. The van der Waals surface area contributed by atoms with E-state index < -0.39 is 6.10 Å². The molecular weight excluding hydrogens is 311 g/mol. The second-order valence-corrected chi connectivity index (χ2v) is 6.22. The van der Waals surface area contributed by atoms with Gasteiger partial charge in [-0.15, -0.1) is 0 Å². The van der Waals surface area contributed by atoms with Gasteiger partial charge < -0.3 is 15.8 Å². The minimum absolute atomic E-state index is 0.147. The zero-order valence-electron chi connectivity index (χ0n) is 11.9. The van der Waals surface area contributed by atoms with Crippen molar-refractivity contribution in [3.63, 3.8) is 0 Å². The van der Waals surface area contributed by atoms with E-state index in [4.69, 9.17) is 33.7 Å². The van der Waals surface area contributed by atoms with Crippen molar-refractivity contribution in [1.29, 1.82) is 0 Å². The third-order valence-electron chi connectivity index (χ3n) is 3.71. The Labute approximate surface area is 134 Å². The second kappa shape index (κ2) is 7.34. The highest BCUT2D eigenvalue weighted by Gasteiger charge is 2.23. The fraction of sp³-hybridized carbons (Fsp3) is 0.533. The van der Waals surface area contributed by atoms with Crippen molar-refractivity contribution in [3.8, 4) is 5.75 Å². The maximum absolute atomic E-state index is 12.1. The molecule has 1 saturated carbocycles. The number of ether oxygens (including phenoxy) is 1. The van der Waals surface area contributed by atoms with Crippen LogP contribution >= 0.6 is 23.2 Å². The van der Waals surface area contributed by atoms with E-state index in [1.807, 2.05) is 0 Å². The van der Waals surface area contributed by atoms with Crippen LogP contribution < -0.4 is 15.8 Å². The SMILES string of the molecule is CC(Oc1cccc(Cl)c1Cl)C(=O)NC1CCC(N)CC1. The normalized spacial score (nSPS) is 23.4. The molecule has 4 nitrogen and oxygen atoms in total. The standard InChI is InChI=1S/C15H20Cl2N2O2/c1-9(21-13-4-2-3-12(16)14(13)17)15(20)19-11-7-5-10(18)6-8-11/h2-4,9-11H,5-8,18H2,1H3,(H,19,20). The summed E-state index contributed by atoms with van der Waals surface area (Å²) >= 11 is 12.0. The molecule has 2 rings (SSSR count). The van der Waals surface area contributed by atoms with Gasteiger partial charge in [-0.1, -0.05) is 29.3 Å². The van der Waals surface area contributed by atoms with Gasteiger partial charge >= 0.3 is 0 Å². The third-order valence-corrected chi connectivity index (χ3v) is 4.51. The summed E-state index contributed by atoms with van der Waals surface area (Å²) in [6, 6.07) is 5.54. The fourth-order valence-electron chi connectivity index (χ4n) is 2.40. The Morgan fingerprint density at radius 3 is 2.67 bits per heavy atom. The van der Waals surface area contributed by atoms with Crippen LogP contribution in [0.15, 0.2) is 18.2 Å². The number of hydrogen-bond donors (Lipinski definition) is 2. The number of benzene rings is 1. The maximum Gasteiger partial charge on any atom is 0.260 e. The molecule has 1 aliphatic carbocycles. The molecule has 6 heteroatoms. The Hall–Kier alpha value is -0.970. The first-order valence-electron chi connectivity index (χ1n) is 7.14. The number of halogens is 2. The van der Waals surface area contributed by atoms with E-state index in [-0.39, 0.29) is 18.0 Å². The zero-order valence-corrected chi connectivity index (χ0v) is 13.5. The summed E-state index contributed by atoms with van der Waals surface area (Å²) < 4.78 is 5.60. The molecule has 1 atom stereocenters. The molecule has 1 aromatic rings. The van der Waals surface area contributed by atoms with Crippen molar-refractivity contribution < 1.29 is 9.53 Å². The van der Waals surface area contributed by atoms with E-state index >= 15 is 0 Å². The van der Waals surface area contributed by atoms with E-state index in [0.29, 0.717) is 15.8 Å². The van der Waals surface area contributed by atoms with Gasteiger partial charge in [-0.2, -0.15) is 0 Å². The van der Waals surface area contributed by atoms with Crippen LogP contribution in [0.2, 0.25) is 10.0 Å². The van der Waals surface area contributed by atoms with E-state index in [0.717, 1.165) is 25.7 Å². The van der Waals surface area contributed by atoms with Crippen molar-refractivity contribution in [1.82, 2.24) is 5.32 Å². The number of carbonyl (C=O) groups excluding carboxylic acids is 1. The second-order valence-electron chi connectivity index (χ2n) is 5.43. The summed E-state index contributed by atoms with van der Waals surface area (Å²) in [5, 5.41) is 3.73. The average Bonchev–Trinajstić information content (AvgIpc) is 2.46. The lowest BCUT2D eigenvalue weighted by atomic mass is 9.92. The van der Waals surface area contributed by atoms with Gasteiger partial charge in [0.1, 0.15) is 10.8 Å². The summed E-state index contributed by atoms with van der Waals surface area (Å²) in [6.45, 7) is 1.70. The van der Waals surface area contributed by atoms with E-state index in [2.05, 4.69) is 5.32 Å². The molecule has 21 heavy (non-hydrogen) atoms. The van der Waals surface area contributed by atoms with E-state index in [1.54, 1.807) is 25.1 Å². The van der Waals surface area contributed by atoms with Crippen LogP contribution in [-0.4, -0.2) is 24.1 Å². The maximum atomic E-state index is 12.1. The molecule has 0 aliphatic heterocycles.